The molecule has 0 saturated carbocycles. The maximum atomic E-state index is 6.14. The van der Waals surface area contributed by atoms with E-state index in [1.54, 1.807) is 0 Å². The second-order valence-electron chi connectivity index (χ2n) is 5.16. The second kappa shape index (κ2) is 13.3. The number of benzene rings is 2. The third kappa shape index (κ3) is 8.22. The van der Waals surface area contributed by atoms with Crippen LogP contribution in [0.1, 0.15) is 17.5 Å². The molecule has 0 amide bonds. The molecule has 0 spiro atoms. The molecule has 2 N–H and O–H groups in total. The molecule has 0 aliphatic rings. The Morgan fingerprint density at radius 2 is 1.79 bits per heavy atom. The highest BCUT2D eigenvalue weighted by Crippen LogP contribution is 2.19. The largest absolute Gasteiger partial charge is 0.489 e. The summed E-state index contributed by atoms with van der Waals surface area (Å²) in [6.45, 7) is 3.38. The molecule has 134 valence electrons. The van der Waals surface area contributed by atoms with Crippen LogP contribution in [0, 0.1) is 0 Å². The molecule has 2 aromatic carbocycles. The van der Waals surface area contributed by atoms with E-state index >= 15 is 0 Å². The van der Waals surface area contributed by atoms with E-state index in [2.05, 4.69) is 22.8 Å². The first kappa shape index (κ1) is 23.0. The summed E-state index contributed by atoms with van der Waals surface area (Å²) in [5, 5.41) is 7.31. The van der Waals surface area contributed by atoms with E-state index in [4.69, 9.17) is 16.3 Å². The Kier molecular flexibility index (Phi) is 12.8. The van der Waals surface area contributed by atoms with Crippen molar-refractivity contribution < 1.29 is 4.74 Å². The Labute approximate surface area is 162 Å². The monoisotopic (exact) mass is 390 g/mol. The average molecular weight is 392 g/mol. The Hall–Kier alpha value is -0.970. The van der Waals surface area contributed by atoms with Gasteiger partial charge in [-0.2, -0.15) is 0 Å². The van der Waals surface area contributed by atoms with Crippen LogP contribution in [-0.4, -0.2) is 20.1 Å². The highest BCUT2D eigenvalue weighted by Gasteiger charge is 2.01. The Morgan fingerprint density at radius 3 is 2.54 bits per heavy atom. The highest BCUT2D eigenvalue weighted by atomic mass is 35.5. The van der Waals surface area contributed by atoms with Crippen LogP contribution in [-0.2, 0) is 13.2 Å². The summed E-state index contributed by atoms with van der Waals surface area (Å²) < 4.78 is 5.84. The highest BCUT2D eigenvalue weighted by molar-refractivity contribution is 6.31. The lowest BCUT2D eigenvalue weighted by molar-refractivity contribution is 0.306. The standard InChI is InChI=1S/C18H23ClN2O.2ClH/c1-20-10-5-11-21-13-15-6-4-8-17(12-15)22-14-16-7-2-3-9-18(16)19;;/h2-4,6-9,12,20-21H,5,10-11,13-14H2,1H3;2*1H. The van der Waals surface area contributed by atoms with Crippen molar-refractivity contribution in [2.45, 2.75) is 19.6 Å². The van der Waals surface area contributed by atoms with E-state index in [-0.39, 0.29) is 24.8 Å². The fourth-order valence-corrected chi connectivity index (χ4v) is 2.33. The molecule has 6 heteroatoms. The smallest absolute Gasteiger partial charge is 0.120 e. The van der Waals surface area contributed by atoms with Crippen molar-refractivity contribution in [3.63, 3.8) is 0 Å². The molecule has 0 aliphatic carbocycles. The maximum Gasteiger partial charge on any atom is 0.120 e. The Bertz CT molecular complexity index is 582. The molecule has 0 atom stereocenters. The van der Waals surface area contributed by atoms with Crippen molar-refractivity contribution in [1.82, 2.24) is 10.6 Å². The first-order valence-electron chi connectivity index (χ1n) is 7.60. The number of hydrogen-bond acceptors (Lipinski definition) is 3. The molecule has 0 bridgehead atoms. The zero-order chi connectivity index (χ0) is 15.6. The summed E-state index contributed by atoms with van der Waals surface area (Å²) in [5.41, 5.74) is 2.22. The third-order valence-corrected chi connectivity index (χ3v) is 3.73. The predicted molar refractivity (Wildman–Crippen MR) is 107 cm³/mol. The summed E-state index contributed by atoms with van der Waals surface area (Å²) in [6, 6.07) is 15.9. The number of hydrogen-bond donors (Lipinski definition) is 2. The first-order chi connectivity index (χ1) is 10.8. The maximum absolute atomic E-state index is 6.14. The van der Waals surface area contributed by atoms with Gasteiger partial charge in [0.05, 0.1) is 0 Å². The van der Waals surface area contributed by atoms with Gasteiger partial charge in [0.1, 0.15) is 12.4 Å². The molecular weight excluding hydrogens is 367 g/mol. The van der Waals surface area contributed by atoms with E-state index in [1.165, 1.54) is 5.56 Å². The number of nitrogens with one attached hydrogen (secondary N) is 2. The Balaban J connectivity index is 0.00000264. The van der Waals surface area contributed by atoms with Crippen LogP contribution in [0.5, 0.6) is 5.75 Å². The van der Waals surface area contributed by atoms with Gasteiger partial charge >= 0.3 is 0 Å². The first-order valence-corrected chi connectivity index (χ1v) is 7.98. The Morgan fingerprint density at radius 1 is 1.00 bits per heavy atom. The minimum absolute atomic E-state index is 0. The summed E-state index contributed by atoms with van der Waals surface area (Å²) in [6.07, 6.45) is 1.12. The zero-order valence-electron chi connectivity index (χ0n) is 13.8. The van der Waals surface area contributed by atoms with Gasteiger partial charge in [0.2, 0.25) is 0 Å². The van der Waals surface area contributed by atoms with Crippen molar-refractivity contribution in [3.8, 4) is 5.75 Å². The number of rotatable bonds is 9. The van der Waals surface area contributed by atoms with E-state index in [1.807, 2.05) is 43.4 Å². The van der Waals surface area contributed by atoms with Crippen molar-refractivity contribution in [2.24, 2.45) is 0 Å². The van der Waals surface area contributed by atoms with Gasteiger partial charge in [0.15, 0.2) is 0 Å². The lowest BCUT2D eigenvalue weighted by Gasteiger charge is -2.10. The van der Waals surface area contributed by atoms with Crippen LogP contribution in [0.3, 0.4) is 0 Å². The van der Waals surface area contributed by atoms with Crippen molar-refractivity contribution in [1.29, 1.82) is 0 Å². The number of ether oxygens (including phenoxy) is 1. The summed E-state index contributed by atoms with van der Waals surface area (Å²) in [5.74, 6) is 0.870. The summed E-state index contributed by atoms with van der Waals surface area (Å²) in [7, 11) is 1.97. The minimum Gasteiger partial charge on any atom is -0.489 e. The van der Waals surface area contributed by atoms with Crippen molar-refractivity contribution in [3.05, 3.63) is 64.7 Å². The normalized spacial score (nSPS) is 9.75. The van der Waals surface area contributed by atoms with Gasteiger partial charge in [0, 0.05) is 17.1 Å². The molecular formula is C18H25Cl3N2O. The lowest BCUT2D eigenvalue weighted by Crippen LogP contribution is -2.19. The van der Waals surface area contributed by atoms with E-state index in [9.17, 15) is 0 Å². The van der Waals surface area contributed by atoms with Crippen LogP contribution >= 0.6 is 36.4 Å². The van der Waals surface area contributed by atoms with Crippen LogP contribution in [0.25, 0.3) is 0 Å². The lowest BCUT2D eigenvalue weighted by atomic mass is 10.2. The molecule has 0 saturated heterocycles. The second-order valence-corrected chi connectivity index (χ2v) is 5.57. The van der Waals surface area contributed by atoms with Crippen LogP contribution < -0.4 is 15.4 Å². The fourth-order valence-electron chi connectivity index (χ4n) is 2.14. The topological polar surface area (TPSA) is 33.3 Å². The minimum atomic E-state index is 0. The third-order valence-electron chi connectivity index (χ3n) is 3.36. The molecule has 0 heterocycles. The average Bonchev–Trinajstić information content (AvgIpc) is 2.54. The van der Waals surface area contributed by atoms with Crippen LogP contribution in [0.2, 0.25) is 5.02 Å². The van der Waals surface area contributed by atoms with Gasteiger partial charge in [-0.1, -0.05) is 41.9 Å². The van der Waals surface area contributed by atoms with Gasteiger partial charge in [-0.15, -0.1) is 24.8 Å². The summed E-state index contributed by atoms with van der Waals surface area (Å²) in [4.78, 5) is 0. The quantitative estimate of drug-likeness (QED) is 0.619. The van der Waals surface area contributed by atoms with Gasteiger partial charge in [-0.05, 0) is 50.3 Å². The van der Waals surface area contributed by atoms with Crippen molar-refractivity contribution >= 4 is 36.4 Å². The molecule has 24 heavy (non-hydrogen) atoms. The molecule has 0 aliphatic heterocycles. The molecule has 0 aromatic heterocycles. The molecule has 0 unspecified atom stereocenters. The van der Waals surface area contributed by atoms with Crippen LogP contribution in [0.15, 0.2) is 48.5 Å². The predicted octanol–water partition coefficient (Wildman–Crippen LogP) is 4.46. The van der Waals surface area contributed by atoms with Gasteiger partial charge in [0.25, 0.3) is 0 Å². The molecule has 0 fully saturated rings. The fraction of sp³-hybridized carbons (Fsp3) is 0.333. The zero-order valence-corrected chi connectivity index (χ0v) is 16.1. The van der Waals surface area contributed by atoms with E-state index in [0.29, 0.717) is 6.61 Å². The molecule has 2 aromatic rings. The van der Waals surface area contributed by atoms with Gasteiger partial charge < -0.3 is 15.4 Å². The van der Waals surface area contributed by atoms with E-state index in [0.717, 1.165) is 42.4 Å². The number of halogens is 3. The van der Waals surface area contributed by atoms with Crippen LogP contribution in [0.4, 0.5) is 0 Å². The molecule has 2 rings (SSSR count). The molecule has 0 radical (unpaired) electrons. The van der Waals surface area contributed by atoms with Gasteiger partial charge in [-0.3, -0.25) is 0 Å². The molecule has 3 nitrogen and oxygen atoms in total. The van der Waals surface area contributed by atoms with Crippen molar-refractivity contribution in [2.75, 3.05) is 20.1 Å². The van der Waals surface area contributed by atoms with Gasteiger partial charge in [-0.25, -0.2) is 0 Å². The SMILES string of the molecule is CNCCCNCc1cccc(OCc2ccccc2Cl)c1.Cl.Cl. The van der Waals surface area contributed by atoms with E-state index < -0.39 is 0 Å². The summed E-state index contributed by atoms with van der Waals surface area (Å²) >= 11 is 6.14.